The van der Waals surface area contributed by atoms with Crippen LogP contribution in [0.25, 0.3) is 10.9 Å². The monoisotopic (exact) mass is 355 g/mol. The van der Waals surface area contributed by atoms with E-state index in [4.69, 9.17) is 0 Å². The molecule has 1 aromatic carbocycles. The highest BCUT2D eigenvalue weighted by atomic mass is 32.2. The molecule has 0 amide bonds. The van der Waals surface area contributed by atoms with E-state index in [2.05, 4.69) is 9.97 Å². The first kappa shape index (κ1) is 17.0. The van der Waals surface area contributed by atoms with Gasteiger partial charge in [0.1, 0.15) is 12.1 Å². The Morgan fingerprint density at radius 3 is 2.38 bits per heavy atom. The molecule has 1 aliphatic heterocycles. The van der Waals surface area contributed by atoms with E-state index < -0.39 is 27.6 Å². The van der Waals surface area contributed by atoms with Gasteiger partial charge in [0, 0.05) is 36.6 Å². The van der Waals surface area contributed by atoms with E-state index >= 15 is 0 Å². The van der Waals surface area contributed by atoms with E-state index in [0.29, 0.717) is 16.7 Å². The molecule has 3 rings (SSSR count). The second-order valence-corrected chi connectivity index (χ2v) is 8.55. The summed E-state index contributed by atoms with van der Waals surface area (Å²) < 4.78 is 51.8. The highest BCUT2D eigenvalue weighted by Gasteiger charge is 2.47. The fourth-order valence-corrected chi connectivity index (χ4v) is 3.79. The molecule has 5 nitrogen and oxygen atoms in total. The maximum absolute atomic E-state index is 14.1. The molecule has 0 aliphatic carbocycles. The Kier molecular flexibility index (Phi) is 3.98. The van der Waals surface area contributed by atoms with E-state index in [0.717, 1.165) is 6.26 Å². The van der Waals surface area contributed by atoms with Crippen LogP contribution in [0.3, 0.4) is 0 Å². The van der Waals surface area contributed by atoms with Gasteiger partial charge in [0.05, 0.1) is 10.4 Å². The maximum atomic E-state index is 14.1. The van der Waals surface area contributed by atoms with Crippen molar-refractivity contribution in [1.82, 2.24) is 9.97 Å². The van der Waals surface area contributed by atoms with Crippen molar-refractivity contribution in [3.63, 3.8) is 0 Å². The third kappa shape index (κ3) is 2.83. The molecular weight excluding hydrogens is 336 g/mol. The third-order valence-electron chi connectivity index (χ3n) is 4.62. The Hall–Kier alpha value is -1.83. The van der Waals surface area contributed by atoms with Gasteiger partial charge in [-0.2, -0.15) is 0 Å². The third-order valence-corrected chi connectivity index (χ3v) is 5.73. The molecule has 8 heteroatoms. The van der Waals surface area contributed by atoms with Crippen LogP contribution >= 0.6 is 0 Å². The largest absolute Gasteiger partial charge is 0.355 e. The fourth-order valence-electron chi connectivity index (χ4n) is 3.14. The molecule has 1 aliphatic rings. The standard InChI is InChI=1S/C16H19F2N3O2S/c1-10-7-21(8-11(2)16(10,17)18)15-13-6-12(24(3,22)23)4-5-14(13)19-9-20-15/h4-6,9-11H,7-8H2,1-3H3. The molecule has 2 heterocycles. The van der Waals surface area contributed by atoms with Crippen molar-refractivity contribution in [2.75, 3.05) is 24.2 Å². The summed E-state index contributed by atoms with van der Waals surface area (Å²) in [5, 5.41) is 0.560. The molecule has 24 heavy (non-hydrogen) atoms. The van der Waals surface area contributed by atoms with Crippen LogP contribution in [0.5, 0.6) is 0 Å². The number of nitrogens with zero attached hydrogens (tertiary/aromatic N) is 3. The van der Waals surface area contributed by atoms with Crippen molar-refractivity contribution in [2.45, 2.75) is 24.7 Å². The molecule has 130 valence electrons. The highest BCUT2D eigenvalue weighted by molar-refractivity contribution is 7.90. The second-order valence-electron chi connectivity index (χ2n) is 6.53. The Balaban J connectivity index is 2.10. The Morgan fingerprint density at radius 2 is 1.79 bits per heavy atom. The zero-order valence-electron chi connectivity index (χ0n) is 13.7. The summed E-state index contributed by atoms with van der Waals surface area (Å²) in [5.41, 5.74) is 0.588. The van der Waals surface area contributed by atoms with E-state index in [1.807, 2.05) is 0 Å². The number of sulfone groups is 1. The molecule has 2 atom stereocenters. The van der Waals surface area contributed by atoms with Crippen molar-refractivity contribution in [2.24, 2.45) is 11.8 Å². The van der Waals surface area contributed by atoms with Gasteiger partial charge < -0.3 is 4.90 Å². The molecular formula is C16H19F2N3O2S. The van der Waals surface area contributed by atoms with Crippen molar-refractivity contribution < 1.29 is 17.2 Å². The second kappa shape index (κ2) is 5.61. The number of aromatic nitrogens is 2. The molecule has 2 unspecified atom stereocenters. The quantitative estimate of drug-likeness (QED) is 0.829. The van der Waals surface area contributed by atoms with Crippen molar-refractivity contribution in [3.05, 3.63) is 24.5 Å². The number of piperidine rings is 1. The molecule has 1 saturated heterocycles. The zero-order chi connectivity index (χ0) is 17.7. The molecule has 0 saturated carbocycles. The predicted octanol–water partition coefficient (Wildman–Crippen LogP) is 2.76. The summed E-state index contributed by atoms with van der Waals surface area (Å²) in [4.78, 5) is 10.3. The van der Waals surface area contributed by atoms with Gasteiger partial charge in [-0.1, -0.05) is 13.8 Å². The van der Waals surface area contributed by atoms with Crippen LogP contribution in [0.15, 0.2) is 29.4 Å². The van der Waals surface area contributed by atoms with Crippen LogP contribution in [0.4, 0.5) is 14.6 Å². The van der Waals surface area contributed by atoms with Crippen LogP contribution in [0, 0.1) is 11.8 Å². The summed E-state index contributed by atoms with van der Waals surface area (Å²) in [5.74, 6) is -3.86. The van der Waals surface area contributed by atoms with Crippen LogP contribution in [-0.2, 0) is 9.84 Å². The topological polar surface area (TPSA) is 63.2 Å². The number of fused-ring (bicyclic) bond motifs is 1. The van der Waals surface area contributed by atoms with Crippen molar-refractivity contribution >= 4 is 26.6 Å². The Labute approximate surface area is 139 Å². The summed E-state index contributed by atoms with van der Waals surface area (Å²) in [6, 6.07) is 4.62. The van der Waals surface area contributed by atoms with Gasteiger partial charge in [-0.3, -0.25) is 0 Å². The summed E-state index contributed by atoms with van der Waals surface area (Å²) in [6.07, 6.45) is 2.50. The smallest absolute Gasteiger partial charge is 0.256 e. The van der Waals surface area contributed by atoms with Crippen molar-refractivity contribution in [3.8, 4) is 0 Å². The number of anilines is 1. The lowest BCUT2D eigenvalue weighted by atomic mass is 9.87. The minimum absolute atomic E-state index is 0.159. The van der Waals surface area contributed by atoms with E-state index in [9.17, 15) is 17.2 Å². The van der Waals surface area contributed by atoms with Gasteiger partial charge in [0.25, 0.3) is 5.92 Å². The minimum Gasteiger partial charge on any atom is -0.355 e. The van der Waals surface area contributed by atoms with Crippen molar-refractivity contribution in [1.29, 1.82) is 0 Å². The van der Waals surface area contributed by atoms with Gasteiger partial charge in [-0.15, -0.1) is 0 Å². The minimum atomic E-state index is -3.38. The number of alkyl halides is 2. The average Bonchev–Trinajstić information content (AvgIpc) is 2.50. The highest BCUT2D eigenvalue weighted by Crippen LogP contribution is 2.39. The van der Waals surface area contributed by atoms with Crippen LogP contribution in [-0.4, -0.2) is 43.7 Å². The molecule has 1 aromatic heterocycles. The van der Waals surface area contributed by atoms with Gasteiger partial charge in [-0.25, -0.2) is 27.2 Å². The molecule has 1 fully saturated rings. The van der Waals surface area contributed by atoms with Gasteiger partial charge in [0.2, 0.25) is 0 Å². The zero-order valence-corrected chi connectivity index (χ0v) is 14.5. The summed E-state index contributed by atoms with van der Waals surface area (Å²) >= 11 is 0. The van der Waals surface area contributed by atoms with Crippen LogP contribution in [0.1, 0.15) is 13.8 Å². The fraction of sp³-hybridized carbons (Fsp3) is 0.500. The lowest BCUT2D eigenvalue weighted by molar-refractivity contribution is -0.105. The first-order valence-corrected chi connectivity index (χ1v) is 9.57. The first-order valence-electron chi connectivity index (χ1n) is 7.68. The van der Waals surface area contributed by atoms with E-state index in [-0.39, 0.29) is 18.0 Å². The van der Waals surface area contributed by atoms with Crippen LogP contribution < -0.4 is 4.90 Å². The molecule has 0 radical (unpaired) electrons. The molecule has 2 aromatic rings. The maximum Gasteiger partial charge on any atom is 0.256 e. The Bertz CT molecular complexity index is 872. The average molecular weight is 355 g/mol. The summed E-state index contributed by atoms with van der Waals surface area (Å²) in [6.45, 7) is 3.36. The molecule has 0 bridgehead atoms. The molecule has 0 spiro atoms. The lowest BCUT2D eigenvalue weighted by Gasteiger charge is -2.41. The predicted molar refractivity (Wildman–Crippen MR) is 88.1 cm³/mol. The number of hydrogen-bond acceptors (Lipinski definition) is 5. The van der Waals surface area contributed by atoms with Gasteiger partial charge >= 0.3 is 0 Å². The Morgan fingerprint density at radius 1 is 1.17 bits per heavy atom. The molecule has 0 N–H and O–H groups in total. The number of benzene rings is 1. The number of rotatable bonds is 2. The van der Waals surface area contributed by atoms with E-state index in [1.165, 1.54) is 32.3 Å². The SMILES string of the molecule is CC1CN(c2ncnc3ccc(S(C)(=O)=O)cc23)CC(C)C1(F)F. The lowest BCUT2D eigenvalue weighted by Crippen LogP contribution is -2.52. The number of halogens is 2. The van der Waals surface area contributed by atoms with Crippen LogP contribution in [0.2, 0.25) is 0 Å². The van der Waals surface area contributed by atoms with Gasteiger partial charge in [0.15, 0.2) is 9.84 Å². The summed E-state index contributed by atoms with van der Waals surface area (Å²) in [7, 11) is -3.38. The number of hydrogen-bond donors (Lipinski definition) is 0. The normalized spacial score (nSPS) is 24.3. The van der Waals surface area contributed by atoms with Gasteiger partial charge in [-0.05, 0) is 18.2 Å². The first-order chi connectivity index (χ1) is 11.1. The van der Waals surface area contributed by atoms with E-state index in [1.54, 1.807) is 11.0 Å².